The van der Waals surface area contributed by atoms with Crippen molar-refractivity contribution in [1.82, 2.24) is 15.1 Å². The van der Waals surface area contributed by atoms with Crippen molar-refractivity contribution in [2.75, 3.05) is 6.54 Å². The van der Waals surface area contributed by atoms with Gasteiger partial charge in [0.2, 0.25) is 0 Å². The number of benzene rings is 2. The first-order chi connectivity index (χ1) is 14.0. The zero-order valence-corrected chi connectivity index (χ0v) is 16.4. The highest BCUT2D eigenvalue weighted by Crippen LogP contribution is 2.15. The van der Waals surface area contributed by atoms with Gasteiger partial charge in [-0.2, -0.15) is 5.10 Å². The Morgan fingerprint density at radius 3 is 2.41 bits per heavy atom. The van der Waals surface area contributed by atoms with Gasteiger partial charge in [-0.1, -0.05) is 55.5 Å². The van der Waals surface area contributed by atoms with Gasteiger partial charge in [0.25, 0.3) is 11.5 Å². The highest BCUT2D eigenvalue weighted by molar-refractivity contribution is 6.02. The molecule has 150 valence electrons. The molecule has 1 N–H and O–H groups in total. The number of nitrogens with zero attached hydrogens (tertiary/aromatic N) is 2. The molecule has 3 aromatic rings. The number of nitrogens with one attached hydrogen (secondary N) is 1. The molecule has 0 unspecified atom stereocenters. The first-order valence-electron chi connectivity index (χ1n) is 9.53. The predicted octanol–water partition coefficient (Wildman–Crippen LogP) is 2.52. The number of carbonyl (C=O) groups is 2. The van der Waals surface area contributed by atoms with Crippen LogP contribution >= 0.6 is 0 Å². The smallest absolute Gasteiger partial charge is 0.360 e. The lowest BCUT2D eigenvalue weighted by Crippen LogP contribution is -2.36. The van der Waals surface area contributed by atoms with Crippen LogP contribution in [0.4, 0.5) is 0 Å². The maximum absolute atomic E-state index is 12.8. The van der Waals surface area contributed by atoms with Crippen molar-refractivity contribution >= 4 is 22.6 Å². The van der Waals surface area contributed by atoms with E-state index in [1.165, 1.54) is 11.6 Å². The summed E-state index contributed by atoms with van der Waals surface area (Å²) in [6.07, 6.45) is -0.188. The Labute approximate surface area is 168 Å². The summed E-state index contributed by atoms with van der Waals surface area (Å²) in [5.74, 6) is -1.12. The van der Waals surface area contributed by atoms with E-state index < -0.39 is 12.1 Å². The fraction of sp³-hybridized carbons (Fsp3) is 0.273. The molecule has 0 fully saturated rings. The summed E-state index contributed by atoms with van der Waals surface area (Å²) in [7, 11) is 0. The molecule has 0 aliphatic carbocycles. The molecule has 0 saturated carbocycles. The van der Waals surface area contributed by atoms with E-state index in [0.717, 1.165) is 12.0 Å². The first-order valence-corrected chi connectivity index (χ1v) is 9.53. The molecule has 1 amide bonds. The minimum absolute atomic E-state index is 0.00581. The molecule has 3 rings (SSSR count). The van der Waals surface area contributed by atoms with Gasteiger partial charge >= 0.3 is 5.97 Å². The van der Waals surface area contributed by atoms with Gasteiger partial charge in [0.1, 0.15) is 0 Å². The van der Waals surface area contributed by atoms with E-state index in [1.807, 2.05) is 37.3 Å². The van der Waals surface area contributed by atoms with Crippen molar-refractivity contribution in [3.63, 3.8) is 0 Å². The van der Waals surface area contributed by atoms with E-state index >= 15 is 0 Å². The maximum atomic E-state index is 12.8. The summed E-state index contributed by atoms with van der Waals surface area (Å²) in [5.41, 5.74) is 0.588. The molecular formula is C22H23N3O4. The summed E-state index contributed by atoms with van der Waals surface area (Å²) in [4.78, 5) is 37.7. The summed E-state index contributed by atoms with van der Waals surface area (Å²) in [6, 6.07) is 16.1. The molecule has 0 radical (unpaired) electrons. The van der Waals surface area contributed by atoms with Crippen molar-refractivity contribution in [2.45, 2.75) is 32.9 Å². The number of hydrogen-bond donors (Lipinski definition) is 1. The molecule has 0 spiro atoms. The largest absolute Gasteiger partial charge is 0.448 e. The van der Waals surface area contributed by atoms with Gasteiger partial charge in [-0.05, 0) is 25.0 Å². The molecule has 1 aromatic heterocycles. The zero-order valence-electron chi connectivity index (χ0n) is 16.4. The minimum atomic E-state index is -0.968. The number of hydrogen-bond acceptors (Lipinski definition) is 5. The van der Waals surface area contributed by atoms with Crippen LogP contribution in [0.5, 0.6) is 0 Å². The van der Waals surface area contributed by atoms with E-state index in [0.29, 0.717) is 17.3 Å². The normalized spacial score (nSPS) is 11.8. The van der Waals surface area contributed by atoms with E-state index in [1.54, 1.807) is 24.3 Å². The molecule has 0 aliphatic rings. The van der Waals surface area contributed by atoms with Crippen molar-refractivity contribution in [3.05, 3.63) is 76.2 Å². The average molecular weight is 393 g/mol. The summed E-state index contributed by atoms with van der Waals surface area (Å²) >= 11 is 0. The Balaban J connectivity index is 1.96. The Kier molecular flexibility index (Phi) is 6.39. The quantitative estimate of drug-likeness (QED) is 0.623. The third kappa shape index (κ3) is 4.68. The number of esters is 1. The van der Waals surface area contributed by atoms with Crippen LogP contribution in [-0.2, 0) is 16.1 Å². The lowest BCUT2D eigenvalue weighted by molar-refractivity contribution is -0.129. The summed E-state index contributed by atoms with van der Waals surface area (Å²) < 4.78 is 6.57. The Morgan fingerprint density at radius 1 is 1.07 bits per heavy atom. The fourth-order valence-corrected chi connectivity index (χ4v) is 2.91. The van der Waals surface area contributed by atoms with E-state index in [2.05, 4.69) is 10.4 Å². The van der Waals surface area contributed by atoms with Crippen LogP contribution in [0.25, 0.3) is 10.8 Å². The monoisotopic (exact) mass is 393 g/mol. The van der Waals surface area contributed by atoms with Crippen LogP contribution < -0.4 is 10.9 Å². The summed E-state index contributed by atoms with van der Waals surface area (Å²) in [6.45, 7) is 4.16. The third-order valence-corrected chi connectivity index (χ3v) is 4.44. The van der Waals surface area contributed by atoms with Crippen LogP contribution in [0.3, 0.4) is 0 Å². The van der Waals surface area contributed by atoms with Crippen LogP contribution in [0.15, 0.2) is 59.4 Å². The van der Waals surface area contributed by atoms with Crippen LogP contribution in [0, 0.1) is 0 Å². The Bertz CT molecular complexity index is 1080. The van der Waals surface area contributed by atoms with Gasteiger partial charge in [-0.15, -0.1) is 0 Å². The Morgan fingerprint density at radius 2 is 1.72 bits per heavy atom. The topological polar surface area (TPSA) is 90.3 Å². The number of ether oxygens (including phenoxy) is 1. The first kappa shape index (κ1) is 20.3. The highest BCUT2D eigenvalue weighted by Gasteiger charge is 2.23. The van der Waals surface area contributed by atoms with Gasteiger partial charge in [-0.25, -0.2) is 9.48 Å². The second-order valence-electron chi connectivity index (χ2n) is 6.68. The lowest BCUT2D eigenvalue weighted by atomic mass is 10.1. The molecule has 1 atom stereocenters. The minimum Gasteiger partial charge on any atom is -0.448 e. The molecule has 0 aliphatic heterocycles. The number of amides is 1. The second-order valence-corrected chi connectivity index (χ2v) is 6.68. The third-order valence-electron chi connectivity index (χ3n) is 4.44. The molecule has 0 bridgehead atoms. The lowest BCUT2D eigenvalue weighted by Gasteiger charge is -2.15. The molecular weight excluding hydrogens is 370 g/mol. The molecule has 29 heavy (non-hydrogen) atoms. The van der Waals surface area contributed by atoms with Crippen molar-refractivity contribution in [1.29, 1.82) is 0 Å². The molecule has 2 aromatic carbocycles. The number of carbonyl (C=O) groups excluding carboxylic acids is 2. The van der Waals surface area contributed by atoms with Crippen molar-refractivity contribution < 1.29 is 14.3 Å². The molecule has 0 saturated heterocycles. The van der Waals surface area contributed by atoms with Gasteiger partial charge in [0.05, 0.1) is 11.9 Å². The van der Waals surface area contributed by atoms with Crippen LogP contribution in [-0.4, -0.2) is 34.3 Å². The molecule has 7 heteroatoms. The van der Waals surface area contributed by atoms with Gasteiger partial charge in [0, 0.05) is 11.9 Å². The van der Waals surface area contributed by atoms with Gasteiger partial charge in [-0.3, -0.25) is 9.59 Å². The van der Waals surface area contributed by atoms with Crippen molar-refractivity contribution in [2.24, 2.45) is 0 Å². The van der Waals surface area contributed by atoms with E-state index in [4.69, 9.17) is 4.74 Å². The zero-order chi connectivity index (χ0) is 20.8. The molecule has 1 heterocycles. The van der Waals surface area contributed by atoms with Crippen molar-refractivity contribution in [3.8, 4) is 0 Å². The number of rotatable bonds is 7. The van der Waals surface area contributed by atoms with Gasteiger partial charge in [0.15, 0.2) is 11.8 Å². The maximum Gasteiger partial charge on any atom is 0.360 e. The van der Waals surface area contributed by atoms with E-state index in [9.17, 15) is 14.4 Å². The predicted molar refractivity (Wildman–Crippen MR) is 110 cm³/mol. The fourth-order valence-electron chi connectivity index (χ4n) is 2.91. The van der Waals surface area contributed by atoms with Gasteiger partial charge < -0.3 is 10.1 Å². The number of aromatic nitrogens is 2. The number of fused-ring (bicyclic) bond motifs is 1. The van der Waals surface area contributed by atoms with E-state index in [-0.39, 0.29) is 23.7 Å². The second kappa shape index (κ2) is 9.14. The molecule has 7 nitrogen and oxygen atoms in total. The van der Waals surface area contributed by atoms with Crippen LogP contribution in [0.2, 0.25) is 0 Å². The van der Waals surface area contributed by atoms with Crippen LogP contribution in [0.1, 0.15) is 36.3 Å². The SMILES string of the molecule is CCCNC(=O)[C@H](C)OC(=O)c1nn(Cc2ccccc2)c(=O)c2ccccc12. The average Bonchev–Trinajstić information content (AvgIpc) is 2.74. The standard InChI is InChI=1S/C22H23N3O4/c1-3-13-23-20(26)15(2)29-22(28)19-17-11-7-8-12-18(17)21(27)25(24-19)14-16-9-5-4-6-10-16/h4-12,15H,3,13-14H2,1-2H3,(H,23,26)/t15-/m0/s1. The Hall–Kier alpha value is -3.48. The summed E-state index contributed by atoms with van der Waals surface area (Å²) in [5, 5.41) is 7.72. The highest BCUT2D eigenvalue weighted by atomic mass is 16.5.